The molecule has 1 unspecified atom stereocenters. The molecule has 0 saturated heterocycles. The van der Waals surface area contributed by atoms with Crippen LogP contribution in [0.3, 0.4) is 0 Å². The van der Waals surface area contributed by atoms with Gasteiger partial charge in [-0.2, -0.15) is 0 Å². The lowest BCUT2D eigenvalue weighted by atomic mass is 10.1. The summed E-state index contributed by atoms with van der Waals surface area (Å²) >= 11 is 0. The van der Waals surface area contributed by atoms with Crippen LogP contribution in [0.25, 0.3) is 0 Å². The normalized spacial score (nSPS) is 12.4. The largest absolute Gasteiger partial charge is 0.481 e. The third-order valence-corrected chi connectivity index (χ3v) is 2.36. The van der Waals surface area contributed by atoms with Gasteiger partial charge in [-0.1, -0.05) is 26.2 Å². The van der Waals surface area contributed by atoms with Crippen molar-refractivity contribution >= 4 is 11.8 Å². The van der Waals surface area contributed by atoms with Gasteiger partial charge in [0.1, 0.15) is 5.92 Å². The summed E-state index contributed by atoms with van der Waals surface area (Å²) in [6.07, 6.45) is 4.60. The van der Waals surface area contributed by atoms with Crippen molar-refractivity contribution in [2.45, 2.75) is 39.5 Å². The molecule has 0 aliphatic heterocycles. The number of carboxylic acid groups (broad SMARTS) is 1. The summed E-state index contributed by atoms with van der Waals surface area (Å²) in [6, 6.07) is 0. The van der Waals surface area contributed by atoms with E-state index in [2.05, 4.69) is 12.2 Å². The van der Waals surface area contributed by atoms with Crippen LogP contribution >= 0.6 is 0 Å². The molecule has 0 radical (unpaired) electrons. The molecule has 4 nitrogen and oxygen atoms in total. The molecule has 15 heavy (non-hydrogen) atoms. The quantitative estimate of drug-likeness (QED) is 0.451. The van der Waals surface area contributed by atoms with Gasteiger partial charge in [-0.3, -0.25) is 9.59 Å². The monoisotopic (exact) mass is 215 g/mol. The molecule has 0 saturated carbocycles. The summed E-state index contributed by atoms with van der Waals surface area (Å²) in [7, 11) is 0. The first-order chi connectivity index (χ1) is 7.09. The molecule has 0 heterocycles. The fourth-order valence-corrected chi connectivity index (χ4v) is 1.18. The number of Topliss-reactive ketones (excluding diaryl/α,β-unsaturated/α-hetero) is 1. The Bertz CT molecular complexity index is 204. The highest BCUT2D eigenvalue weighted by Crippen LogP contribution is 1.98. The SMILES string of the molecule is CCCCCCNCC(=O)C(C)C(=O)O. The van der Waals surface area contributed by atoms with Crippen molar-refractivity contribution in [2.75, 3.05) is 13.1 Å². The molecule has 0 aromatic carbocycles. The van der Waals surface area contributed by atoms with E-state index in [4.69, 9.17) is 5.11 Å². The molecule has 88 valence electrons. The third-order valence-electron chi connectivity index (χ3n) is 2.36. The van der Waals surface area contributed by atoms with Crippen LogP contribution in [0, 0.1) is 5.92 Å². The summed E-state index contributed by atoms with van der Waals surface area (Å²) in [4.78, 5) is 21.7. The highest BCUT2D eigenvalue weighted by molar-refractivity contribution is 5.98. The minimum absolute atomic E-state index is 0.166. The number of unbranched alkanes of at least 4 members (excludes halogenated alkanes) is 3. The smallest absolute Gasteiger partial charge is 0.313 e. The van der Waals surface area contributed by atoms with Crippen LogP contribution in [0.2, 0.25) is 0 Å². The lowest BCUT2D eigenvalue weighted by molar-refractivity contribution is -0.145. The Balaban J connectivity index is 3.43. The van der Waals surface area contributed by atoms with Crippen molar-refractivity contribution in [1.82, 2.24) is 5.32 Å². The number of carboxylic acids is 1. The van der Waals surface area contributed by atoms with Crippen molar-refractivity contribution in [3.05, 3.63) is 0 Å². The molecule has 1 atom stereocenters. The predicted octanol–water partition coefficient (Wildman–Crippen LogP) is 1.45. The van der Waals surface area contributed by atoms with Crippen LogP contribution in [0.4, 0.5) is 0 Å². The number of carbonyl (C=O) groups excluding carboxylic acids is 1. The maximum atomic E-state index is 11.2. The van der Waals surface area contributed by atoms with Crippen molar-refractivity contribution in [3.63, 3.8) is 0 Å². The van der Waals surface area contributed by atoms with Gasteiger partial charge in [0.25, 0.3) is 0 Å². The fraction of sp³-hybridized carbons (Fsp3) is 0.818. The number of nitrogens with one attached hydrogen (secondary N) is 1. The minimum atomic E-state index is -1.05. The van der Waals surface area contributed by atoms with Crippen molar-refractivity contribution in [3.8, 4) is 0 Å². The Morgan fingerprint density at radius 1 is 1.27 bits per heavy atom. The summed E-state index contributed by atoms with van der Waals surface area (Å²) in [5.41, 5.74) is 0. The molecule has 0 aliphatic rings. The van der Waals surface area contributed by atoms with Crippen LogP contribution in [-0.4, -0.2) is 29.9 Å². The number of carbonyl (C=O) groups is 2. The van der Waals surface area contributed by atoms with E-state index in [0.717, 1.165) is 19.4 Å². The second-order valence-electron chi connectivity index (χ2n) is 3.76. The summed E-state index contributed by atoms with van der Waals surface area (Å²) in [5, 5.41) is 11.5. The molecule has 0 amide bonds. The predicted molar refractivity (Wildman–Crippen MR) is 58.8 cm³/mol. The van der Waals surface area contributed by atoms with Crippen LogP contribution in [0.1, 0.15) is 39.5 Å². The molecule has 0 fully saturated rings. The maximum absolute atomic E-state index is 11.2. The molecule has 0 bridgehead atoms. The van der Waals surface area contributed by atoms with Gasteiger partial charge in [-0.15, -0.1) is 0 Å². The first-order valence-electron chi connectivity index (χ1n) is 5.55. The van der Waals surface area contributed by atoms with Crippen LogP contribution in [-0.2, 0) is 9.59 Å². The molecule has 0 spiro atoms. The third kappa shape index (κ3) is 7.08. The second-order valence-corrected chi connectivity index (χ2v) is 3.76. The lowest BCUT2D eigenvalue weighted by Gasteiger charge is -2.06. The van der Waals surface area contributed by atoms with Crippen molar-refractivity contribution < 1.29 is 14.7 Å². The highest BCUT2D eigenvalue weighted by atomic mass is 16.4. The Morgan fingerprint density at radius 2 is 1.93 bits per heavy atom. The standard InChI is InChI=1S/C11H21NO3/c1-3-4-5-6-7-12-8-10(13)9(2)11(14)15/h9,12H,3-8H2,1-2H3,(H,14,15). The Labute approximate surface area is 91.1 Å². The van der Waals surface area contributed by atoms with E-state index in [1.165, 1.54) is 19.8 Å². The molecular weight excluding hydrogens is 194 g/mol. The molecule has 0 aromatic rings. The van der Waals surface area contributed by atoms with Gasteiger partial charge < -0.3 is 10.4 Å². The zero-order chi connectivity index (χ0) is 11.7. The number of hydrogen-bond donors (Lipinski definition) is 2. The van der Waals surface area contributed by atoms with Gasteiger partial charge in [0, 0.05) is 0 Å². The molecule has 0 aromatic heterocycles. The van der Waals surface area contributed by atoms with E-state index < -0.39 is 11.9 Å². The van der Waals surface area contributed by atoms with Crippen LogP contribution < -0.4 is 5.32 Å². The zero-order valence-corrected chi connectivity index (χ0v) is 9.58. The van der Waals surface area contributed by atoms with E-state index in [-0.39, 0.29) is 12.3 Å². The Kier molecular flexibility index (Phi) is 7.91. The minimum Gasteiger partial charge on any atom is -0.481 e. The average Bonchev–Trinajstić information content (AvgIpc) is 2.21. The molecular formula is C11H21NO3. The van der Waals surface area contributed by atoms with Gasteiger partial charge in [0.2, 0.25) is 0 Å². The molecule has 4 heteroatoms. The molecule has 0 rings (SSSR count). The van der Waals surface area contributed by atoms with Gasteiger partial charge in [0.05, 0.1) is 6.54 Å². The van der Waals surface area contributed by atoms with Crippen molar-refractivity contribution in [1.29, 1.82) is 0 Å². The molecule has 0 aliphatic carbocycles. The van der Waals surface area contributed by atoms with Gasteiger partial charge >= 0.3 is 5.97 Å². The number of rotatable bonds is 9. The van der Waals surface area contributed by atoms with Gasteiger partial charge in [-0.05, 0) is 19.9 Å². The van der Waals surface area contributed by atoms with E-state index in [1.807, 2.05) is 0 Å². The van der Waals surface area contributed by atoms with Crippen LogP contribution in [0.5, 0.6) is 0 Å². The lowest BCUT2D eigenvalue weighted by Crippen LogP contribution is -2.31. The van der Waals surface area contributed by atoms with Gasteiger partial charge in [0.15, 0.2) is 5.78 Å². The van der Waals surface area contributed by atoms with Crippen LogP contribution in [0.15, 0.2) is 0 Å². The van der Waals surface area contributed by atoms with E-state index >= 15 is 0 Å². The first kappa shape index (κ1) is 14.1. The summed E-state index contributed by atoms with van der Waals surface area (Å²) < 4.78 is 0. The van der Waals surface area contributed by atoms with E-state index in [0.29, 0.717) is 0 Å². The van der Waals surface area contributed by atoms with Crippen molar-refractivity contribution in [2.24, 2.45) is 5.92 Å². The second kappa shape index (κ2) is 8.41. The number of aliphatic carboxylic acids is 1. The Morgan fingerprint density at radius 3 is 2.47 bits per heavy atom. The van der Waals surface area contributed by atoms with E-state index in [1.54, 1.807) is 0 Å². The summed E-state index contributed by atoms with van der Waals surface area (Å²) in [5.74, 6) is -2.20. The highest BCUT2D eigenvalue weighted by Gasteiger charge is 2.19. The number of ketones is 1. The maximum Gasteiger partial charge on any atom is 0.313 e. The summed E-state index contributed by atoms with van der Waals surface area (Å²) in [6.45, 7) is 4.52. The van der Waals surface area contributed by atoms with Gasteiger partial charge in [-0.25, -0.2) is 0 Å². The molecule has 2 N–H and O–H groups in total. The first-order valence-corrected chi connectivity index (χ1v) is 5.55. The average molecular weight is 215 g/mol. The zero-order valence-electron chi connectivity index (χ0n) is 9.58. The topological polar surface area (TPSA) is 66.4 Å². The fourth-order valence-electron chi connectivity index (χ4n) is 1.18. The van der Waals surface area contributed by atoms with E-state index in [9.17, 15) is 9.59 Å². The Hall–Kier alpha value is -0.900. The number of hydrogen-bond acceptors (Lipinski definition) is 3.